The van der Waals surface area contributed by atoms with E-state index in [1.165, 1.54) is 44.9 Å². The van der Waals surface area contributed by atoms with Crippen LogP contribution in [0.2, 0.25) is 19.1 Å². The molecular formula is C12H26Si. The first kappa shape index (κ1) is 13.0. The van der Waals surface area contributed by atoms with E-state index in [4.69, 9.17) is 0 Å². The highest BCUT2D eigenvalue weighted by atomic mass is 28.3. The molecule has 0 fully saturated rings. The zero-order chi connectivity index (χ0) is 9.94. The molecule has 1 heteroatoms. The molecule has 0 saturated carbocycles. The first-order chi connectivity index (χ1) is 6.27. The molecule has 0 heterocycles. The van der Waals surface area contributed by atoms with Crippen molar-refractivity contribution in [2.75, 3.05) is 0 Å². The SMILES string of the molecule is C=CCCCCCCCC[SiH](C)C. The quantitative estimate of drug-likeness (QED) is 0.293. The Morgan fingerprint density at radius 2 is 1.46 bits per heavy atom. The van der Waals surface area contributed by atoms with Gasteiger partial charge in [-0.15, -0.1) is 6.58 Å². The summed E-state index contributed by atoms with van der Waals surface area (Å²) in [6.45, 7) is 8.63. The lowest BCUT2D eigenvalue weighted by atomic mass is 10.1. The van der Waals surface area contributed by atoms with E-state index in [9.17, 15) is 0 Å². The van der Waals surface area contributed by atoms with Crippen molar-refractivity contribution in [3.05, 3.63) is 12.7 Å². The fourth-order valence-electron chi connectivity index (χ4n) is 1.55. The average molecular weight is 198 g/mol. The minimum absolute atomic E-state index is 0.254. The lowest BCUT2D eigenvalue weighted by Crippen LogP contribution is -1.97. The average Bonchev–Trinajstić information content (AvgIpc) is 2.09. The zero-order valence-corrected chi connectivity index (χ0v) is 10.7. The van der Waals surface area contributed by atoms with Crippen LogP contribution < -0.4 is 0 Å². The first-order valence-electron chi connectivity index (χ1n) is 5.88. The Morgan fingerprint density at radius 3 is 2.00 bits per heavy atom. The van der Waals surface area contributed by atoms with E-state index < -0.39 is 0 Å². The topological polar surface area (TPSA) is 0 Å². The van der Waals surface area contributed by atoms with Crippen LogP contribution in [0.15, 0.2) is 12.7 Å². The highest BCUT2D eigenvalue weighted by Gasteiger charge is 1.95. The van der Waals surface area contributed by atoms with Gasteiger partial charge < -0.3 is 0 Å². The van der Waals surface area contributed by atoms with Gasteiger partial charge in [0.25, 0.3) is 0 Å². The highest BCUT2D eigenvalue weighted by Crippen LogP contribution is 2.10. The number of rotatable bonds is 9. The third-order valence-corrected chi connectivity index (χ3v) is 4.00. The molecule has 0 aliphatic carbocycles. The van der Waals surface area contributed by atoms with Crippen molar-refractivity contribution in [1.82, 2.24) is 0 Å². The third kappa shape index (κ3) is 12.0. The van der Waals surface area contributed by atoms with Crippen LogP contribution in [0.4, 0.5) is 0 Å². The molecule has 0 aromatic carbocycles. The van der Waals surface area contributed by atoms with Gasteiger partial charge in [-0.25, -0.2) is 0 Å². The van der Waals surface area contributed by atoms with E-state index in [1.807, 2.05) is 6.08 Å². The molecule has 0 atom stereocenters. The smallest absolute Gasteiger partial charge is 0.0305 e. The van der Waals surface area contributed by atoms with Gasteiger partial charge in [0.2, 0.25) is 0 Å². The van der Waals surface area contributed by atoms with Crippen LogP contribution in [0.1, 0.15) is 44.9 Å². The van der Waals surface area contributed by atoms with Crippen molar-refractivity contribution in [2.45, 2.75) is 64.1 Å². The van der Waals surface area contributed by atoms with E-state index in [0.29, 0.717) is 0 Å². The minimum Gasteiger partial charge on any atom is -0.103 e. The van der Waals surface area contributed by atoms with Crippen LogP contribution in [-0.2, 0) is 0 Å². The van der Waals surface area contributed by atoms with Crippen molar-refractivity contribution in [1.29, 1.82) is 0 Å². The zero-order valence-electron chi connectivity index (χ0n) is 9.52. The molecule has 0 unspecified atom stereocenters. The summed E-state index contributed by atoms with van der Waals surface area (Å²) >= 11 is 0. The summed E-state index contributed by atoms with van der Waals surface area (Å²) in [5, 5.41) is 0. The van der Waals surface area contributed by atoms with Crippen LogP contribution in [0.5, 0.6) is 0 Å². The van der Waals surface area contributed by atoms with Gasteiger partial charge in [-0.1, -0.05) is 57.3 Å². The largest absolute Gasteiger partial charge is 0.103 e. The molecule has 0 aliphatic heterocycles. The van der Waals surface area contributed by atoms with Crippen molar-refractivity contribution in [3.63, 3.8) is 0 Å². The molecule has 0 rings (SSSR count). The monoisotopic (exact) mass is 198 g/mol. The molecule has 78 valence electrons. The predicted octanol–water partition coefficient (Wildman–Crippen LogP) is 4.39. The lowest BCUT2D eigenvalue weighted by Gasteiger charge is -2.02. The molecule has 0 radical (unpaired) electrons. The highest BCUT2D eigenvalue weighted by molar-refractivity contribution is 6.55. The normalized spacial score (nSPS) is 10.7. The van der Waals surface area contributed by atoms with Gasteiger partial charge in [-0.2, -0.15) is 0 Å². The molecule has 0 spiro atoms. The lowest BCUT2D eigenvalue weighted by molar-refractivity contribution is 0.610. The fraction of sp³-hybridized carbons (Fsp3) is 0.833. The summed E-state index contributed by atoms with van der Waals surface area (Å²) in [5.74, 6) is 0. The van der Waals surface area contributed by atoms with Crippen LogP contribution >= 0.6 is 0 Å². The summed E-state index contributed by atoms with van der Waals surface area (Å²) in [7, 11) is -0.254. The van der Waals surface area contributed by atoms with E-state index in [-0.39, 0.29) is 8.80 Å². The van der Waals surface area contributed by atoms with E-state index in [1.54, 1.807) is 6.04 Å². The molecule has 0 N–H and O–H groups in total. The summed E-state index contributed by atoms with van der Waals surface area (Å²) in [6.07, 6.45) is 11.9. The first-order valence-corrected chi connectivity index (χ1v) is 9.01. The maximum atomic E-state index is 3.73. The van der Waals surface area contributed by atoms with Gasteiger partial charge >= 0.3 is 0 Å². The molecule has 0 amide bonds. The van der Waals surface area contributed by atoms with E-state index >= 15 is 0 Å². The maximum Gasteiger partial charge on any atom is 0.0305 e. The molecule has 13 heavy (non-hydrogen) atoms. The van der Waals surface area contributed by atoms with Gasteiger partial charge in [0, 0.05) is 8.80 Å². The summed E-state index contributed by atoms with van der Waals surface area (Å²) < 4.78 is 0. The Hall–Kier alpha value is -0.0431. The Kier molecular flexibility index (Phi) is 10.0. The fourth-order valence-corrected chi connectivity index (χ4v) is 2.65. The second kappa shape index (κ2) is 10.0. The van der Waals surface area contributed by atoms with Crippen LogP contribution in [-0.4, -0.2) is 8.80 Å². The maximum absolute atomic E-state index is 3.73. The van der Waals surface area contributed by atoms with Crippen molar-refractivity contribution in [3.8, 4) is 0 Å². The van der Waals surface area contributed by atoms with Gasteiger partial charge in [0.15, 0.2) is 0 Å². The van der Waals surface area contributed by atoms with Gasteiger partial charge in [0.05, 0.1) is 0 Å². The second-order valence-electron chi connectivity index (χ2n) is 4.38. The summed E-state index contributed by atoms with van der Waals surface area (Å²) in [6, 6.07) is 1.55. The van der Waals surface area contributed by atoms with Crippen molar-refractivity contribution >= 4 is 8.80 Å². The van der Waals surface area contributed by atoms with Crippen LogP contribution in [0.3, 0.4) is 0 Å². The van der Waals surface area contributed by atoms with E-state index in [0.717, 1.165) is 0 Å². The van der Waals surface area contributed by atoms with E-state index in [2.05, 4.69) is 19.7 Å². The number of hydrogen-bond donors (Lipinski definition) is 0. The summed E-state index contributed by atoms with van der Waals surface area (Å²) in [5.41, 5.74) is 0. The number of hydrogen-bond acceptors (Lipinski definition) is 0. The predicted molar refractivity (Wildman–Crippen MR) is 66.2 cm³/mol. The number of allylic oxidation sites excluding steroid dienone is 1. The van der Waals surface area contributed by atoms with Crippen LogP contribution in [0.25, 0.3) is 0 Å². The van der Waals surface area contributed by atoms with Crippen molar-refractivity contribution in [2.24, 2.45) is 0 Å². The minimum atomic E-state index is -0.254. The summed E-state index contributed by atoms with van der Waals surface area (Å²) in [4.78, 5) is 0. The Balaban J connectivity index is 2.87. The molecule has 0 aromatic heterocycles. The molecule has 0 bridgehead atoms. The Bertz CT molecular complexity index is 108. The standard InChI is InChI=1S/C12H26Si/c1-4-5-6-7-8-9-10-11-12-13(2)3/h4,13H,1,5-12H2,2-3H3. The molecule has 0 nitrogen and oxygen atoms in total. The number of unbranched alkanes of at least 4 members (excludes halogenated alkanes) is 6. The van der Waals surface area contributed by atoms with Gasteiger partial charge in [-0.05, 0) is 12.8 Å². The molecule has 0 saturated heterocycles. The van der Waals surface area contributed by atoms with Gasteiger partial charge in [0.1, 0.15) is 0 Å². The molecule has 0 aliphatic rings. The van der Waals surface area contributed by atoms with Gasteiger partial charge in [-0.3, -0.25) is 0 Å². The molecular weight excluding hydrogens is 172 g/mol. The Labute approximate surface area is 86.0 Å². The van der Waals surface area contributed by atoms with Crippen LogP contribution in [0, 0.1) is 0 Å². The Morgan fingerprint density at radius 1 is 0.923 bits per heavy atom. The second-order valence-corrected chi connectivity index (χ2v) is 7.75. The third-order valence-electron chi connectivity index (χ3n) is 2.44. The van der Waals surface area contributed by atoms with Crippen molar-refractivity contribution < 1.29 is 0 Å². The molecule has 0 aromatic rings.